The third kappa shape index (κ3) is 6.01. The monoisotopic (exact) mass is 481 g/mol. The summed E-state index contributed by atoms with van der Waals surface area (Å²) >= 11 is 0. The Bertz CT molecular complexity index is 1030. The van der Waals surface area contributed by atoms with E-state index in [1.54, 1.807) is 4.90 Å². The minimum Gasteiger partial charge on any atom is -0.481 e. The zero-order valence-electron chi connectivity index (χ0n) is 20.3. The molecule has 1 fully saturated rings. The molecule has 9 heteroatoms. The Kier molecular flexibility index (Phi) is 8.05. The molecule has 4 N–H and O–H groups in total. The fourth-order valence-corrected chi connectivity index (χ4v) is 5.01. The minimum absolute atomic E-state index is 0.111. The van der Waals surface area contributed by atoms with Crippen LogP contribution in [0.25, 0.3) is 0 Å². The number of unbranched alkanes of at least 4 members (excludes halogenated alkanes) is 2. The number of carbonyl (C=O) groups excluding carboxylic acids is 1. The number of ether oxygens (including phenoxy) is 1. The highest BCUT2D eigenvalue weighted by atomic mass is 16.5. The Morgan fingerprint density at radius 1 is 1.17 bits per heavy atom. The molecule has 188 valence electrons. The number of amides is 1. The first-order valence-corrected chi connectivity index (χ1v) is 12.6. The predicted molar refractivity (Wildman–Crippen MR) is 135 cm³/mol. The van der Waals surface area contributed by atoms with Gasteiger partial charge in [-0.05, 0) is 61.6 Å². The van der Waals surface area contributed by atoms with Crippen LogP contribution in [0.4, 0.5) is 17.5 Å². The Balaban J connectivity index is 1.44. The lowest BCUT2D eigenvalue weighted by Gasteiger charge is -2.28. The largest absolute Gasteiger partial charge is 0.481 e. The first-order chi connectivity index (χ1) is 17.0. The number of aliphatic carboxylic acids is 1. The predicted octanol–water partition coefficient (Wildman–Crippen LogP) is 4.45. The third-order valence-corrected chi connectivity index (χ3v) is 6.97. The van der Waals surface area contributed by atoms with Gasteiger partial charge >= 0.3 is 5.97 Å². The van der Waals surface area contributed by atoms with E-state index in [-0.39, 0.29) is 35.5 Å². The molecule has 0 spiro atoms. The van der Waals surface area contributed by atoms with Crippen molar-refractivity contribution in [1.29, 1.82) is 0 Å². The molecule has 1 saturated carbocycles. The number of nitrogen functional groups attached to an aromatic ring is 1. The van der Waals surface area contributed by atoms with Crippen LogP contribution in [-0.4, -0.2) is 46.6 Å². The van der Waals surface area contributed by atoms with E-state index in [9.17, 15) is 9.59 Å². The van der Waals surface area contributed by atoms with Crippen molar-refractivity contribution >= 4 is 29.3 Å². The van der Waals surface area contributed by atoms with Gasteiger partial charge in [0.1, 0.15) is 18.0 Å². The molecule has 0 radical (unpaired) electrons. The number of benzene rings is 1. The van der Waals surface area contributed by atoms with Crippen molar-refractivity contribution in [3.05, 3.63) is 35.4 Å². The van der Waals surface area contributed by atoms with Crippen molar-refractivity contribution in [2.24, 2.45) is 5.92 Å². The van der Waals surface area contributed by atoms with Gasteiger partial charge in [-0.3, -0.25) is 9.59 Å². The smallest absolute Gasteiger partial charge is 0.303 e. The SMILES string of the molecule is CCCCCNc1nc(N)c2c(n1)OCCN(c1ccc([C@H]3CC[C@H](CC(=O)O)CC3)cc1)C2=O. The number of aromatic nitrogens is 2. The molecule has 2 heterocycles. The highest BCUT2D eigenvalue weighted by Gasteiger charge is 2.30. The Morgan fingerprint density at radius 3 is 2.60 bits per heavy atom. The van der Waals surface area contributed by atoms with Gasteiger partial charge in [-0.2, -0.15) is 9.97 Å². The van der Waals surface area contributed by atoms with Gasteiger partial charge in [0.15, 0.2) is 0 Å². The molecular weight excluding hydrogens is 446 g/mol. The Labute approximate surface area is 206 Å². The summed E-state index contributed by atoms with van der Waals surface area (Å²) in [7, 11) is 0. The van der Waals surface area contributed by atoms with Gasteiger partial charge in [-0.1, -0.05) is 31.9 Å². The molecule has 0 saturated heterocycles. The van der Waals surface area contributed by atoms with Crippen LogP contribution >= 0.6 is 0 Å². The molecule has 1 aromatic heterocycles. The average molecular weight is 482 g/mol. The van der Waals surface area contributed by atoms with Crippen molar-refractivity contribution in [1.82, 2.24) is 9.97 Å². The van der Waals surface area contributed by atoms with Crippen molar-refractivity contribution in [3.63, 3.8) is 0 Å². The van der Waals surface area contributed by atoms with Crippen LogP contribution in [0, 0.1) is 5.92 Å². The number of hydrogen-bond acceptors (Lipinski definition) is 7. The maximum Gasteiger partial charge on any atom is 0.303 e. The van der Waals surface area contributed by atoms with E-state index in [2.05, 4.69) is 34.3 Å². The van der Waals surface area contributed by atoms with Crippen LogP contribution in [0.3, 0.4) is 0 Å². The van der Waals surface area contributed by atoms with E-state index in [0.29, 0.717) is 25.0 Å². The second-order valence-electron chi connectivity index (χ2n) is 9.46. The number of nitrogens with two attached hydrogens (primary N) is 1. The maximum absolute atomic E-state index is 13.4. The zero-order chi connectivity index (χ0) is 24.8. The quantitative estimate of drug-likeness (QED) is 0.448. The van der Waals surface area contributed by atoms with Crippen LogP contribution in [-0.2, 0) is 4.79 Å². The third-order valence-electron chi connectivity index (χ3n) is 6.97. The van der Waals surface area contributed by atoms with Crippen molar-refractivity contribution in [2.75, 3.05) is 35.6 Å². The summed E-state index contributed by atoms with van der Waals surface area (Å²) < 4.78 is 5.80. The number of carboxylic acids is 1. The van der Waals surface area contributed by atoms with E-state index >= 15 is 0 Å². The Hall–Kier alpha value is -3.36. The summed E-state index contributed by atoms with van der Waals surface area (Å²) in [6.07, 6.45) is 7.35. The van der Waals surface area contributed by atoms with Gasteiger partial charge in [0.25, 0.3) is 5.91 Å². The molecule has 0 atom stereocenters. The van der Waals surface area contributed by atoms with Crippen molar-refractivity contribution < 1.29 is 19.4 Å². The molecule has 2 aliphatic rings. The average Bonchev–Trinajstić information content (AvgIpc) is 3.01. The van der Waals surface area contributed by atoms with Crippen LogP contribution < -0.4 is 20.7 Å². The first kappa shape index (κ1) is 24.8. The molecule has 0 unspecified atom stereocenters. The fraction of sp³-hybridized carbons (Fsp3) is 0.538. The molecule has 1 amide bonds. The van der Waals surface area contributed by atoms with Gasteiger partial charge in [-0.25, -0.2) is 0 Å². The normalized spacial score (nSPS) is 20.0. The summed E-state index contributed by atoms with van der Waals surface area (Å²) in [5.41, 5.74) is 8.38. The van der Waals surface area contributed by atoms with Crippen LogP contribution in [0.2, 0.25) is 0 Å². The summed E-state index contributed by atoms with van der Waals surface area (Å²) in [5, 5.41) is 12.2. The zero-order valence-corrected chi connectivity index (χ0v) is 20.3. The summed E-state index contributed by atoms with van der Waals surface area (Å²) in [6, 6.07) is 8.06. The molecule has 4 rings (SSSR count). The van der Waals surface area contributed by atoms with Crippen molar-refractivity contribution in [3.8, 4) is 5.88 Å². The Morgan fingerprint density at radius 2 is 1.91 bits per heavy atom. The topological polar surface area (TPSA) is 131 Å². The molecule has 35 heavy (non-hydrogen) atoms. The first-order valence-electron chi connectivity index (χ1n) is 12.6. The maximum atomic E-state index is 13.4. The summed E-state index contributed by atoms with van der Waals surface area (Å²) in [5.74, 6) is 0.423. The summed E-state index contributed by atoms with van der Waals surface area (Å²) in [4.78, 5) is 34.7. The number of hydrogen-bond donors (Lipinski definition) is 3. The molecule has 9 nitrogen and oxygen atoms in total. The van der Waals surface area contributed by atoms with Crippen molar-refractivity contribution in [2.45, 2.75) is 64.2 Å². The van der Waals surface area contributed by atoms with Gasteiger partial charge in [-0.15, -0.1) is 0 Å². The number of anilines is 3. The number of nitrogens with one attached hydrogen (secondary N) is 1. The van der Waals surface area contributed by atoms with Gasteiger partial charge in [0.2, 0.25) is 11.8 Å². The number of rotatable bonds is 9. The molecule has 1 aliphatic carbocycles. The van der Waals surface area contributed by atoms with E-state index in [1.807, 2.05) is 12.1 Å². The second-order valence-corrected chi connectivity index (χ2v) is 9.46. The van der Waals surface area contributed by atoms with E-state index in [1.165, 1.54) is 5.56 Å². The highest BCUT2D eigenvalue weighted by molar-refractivity contribution is 6.10. The number of nitrogens with zero attached hydrogens (tertiary/aromatic N) is 3. The molecular formula is C26H35N5O4. The molecule has 1 aliphatic heterocycles. The lowest BCUT2D eigenvalue weighted by atomic mass is 9.77. The fourth-order valence-electron chi connectivity index (χ4n) is 5.01. The highest BCUT2D eigenvalue weighted by Crippen LogP contribution is 2.38. The van der Waals surface area contributed by atoms with Crippen LogP contribution in [0.5, 0.6) is 5.88 Å². The van der Waals surface area contributed by atoms with E-state index in [0.717, 1.165) is 57.2 Å². The summed E-state index contributed by atoms with van der Waals surface area (Å²) in [6.45, 7) is 3.57. The second kappa shape index (κ2) is 11.4. The number of carboxylic acid groups (broad SMARTS) is 1. The number of fused-ring (bicyclic) bond motifs is 1. The van der Waals surface area contributed by atoms with E-state index in [4.69, 9.17) is 15.6 Å². The van der Waals surface area contributed by atoms with E-state index < -0.39 is 5.97 Å². The molecule has 2 aromatic rings. The minimum atomic E-state index is -0.712. The lowest BCUT2D eigenvalue weighted by Crippen LogP contribution is -2.32. The van der Waals surface area contributed by atoms with Gasteiger partial charge < -0.3 is 25.8 Å². The molecule has 0 bridgehead atoms. The standard InChI is InChI=1S/C26H35N5O4/c1-2-3-4-13-28-26-29-23(27)22-24(30-26)35-15-14-31(25(22)34)20-11-9-19(10-12-20)18-7-5-17(6-8-18)16-21(32)33/h9-12,17-18H,2-8,13-16H2,1H3,(H,32,33)(H3,27,28,29,30)/t17-,18-. The molecule has 1 aromatic carbocycles. The number of carbonyl (C=O) groups is 2. The van der Waals surface area contributed by atoms with Gasteiger partial charge in [0, 0.05) is 18.7 Å². The van der Waals surface area contributed by atoms with Crippen LogP contribution in [0.1, 0.15) is 80.1 Å². The lowest BCUT2D eigenvalue weighted by molar-refractivity contribution is -0.138. The van der Waals surface area contributed by atoms with Gasteiger partial charge in [0.05, 0.1) is 6.54 Å². The van der Waals surface area contributed by atoms with Crippen LogP contribution in [0.15, 0.2) is 24.3 Å².